The topological polar surface area (TPSA) is 101 Å². The molecule has 2 N–H and O–H groups in total. The van der Waals surface area contributed by atoms with E-state index in [1.807, 2.05) is 0 Å². The molecule has 0 aliphatic carbocycles. The molecule has 8 nitrogen and oxygen atoms in total. The number of H-pyrrole nitrogens is 1. The Morgan fingerprint density at radius 3 is 2.87 bits per heavy atom. The summed E-state index contributed by atoms with van der Waals surface area (Å²) in [7, 11) is -3.39. The smallest absolute Gasteiger partial charge is 0.262 e. The van der Waals surface area contributed by atoms with Crippen molar-refractivity contribution in [3.8, 4) is 0 Å². The van der Waals surface area contributed by atoms with Crippen LogP contribution in [-0.4, -0.2) is 40.4 Å². The van der Waals surface area contributed by atoms with Gasteiger partial charge in [0.05, 0.1) is 17.2 Å². The van der Waals surface area contributed by atoms with Crippen LogP contribution in [0.1, 0.15) is 0 Å². The lowest BCUT2D eigenvalue weighted by Crippen LogP contribution is -2.31. The van der Waals surface area contributed by atoms with Gasteiger partial charge in [-0.1, -0.05) is 0 Å². The molecule has 0 unspecified atom stereocenters. The summed E-state index contributed by atoms with van der Waals surface area (Å²) in [6, 6.07) is 3.79. The minimum atomic E-state index is -3.39. The molecule has 0 saturated carbocycles. The largest absolute Gasteiger partial charge is 0.275 e. The minimum absolute atomic E-state index is 0.00511. The highest BCUT2D eigenvalue weighted by atomic mass is 32.2. The maximum atomic E-state index is 13.5. The minimum Gasteiger partial charge on any atom is -0.275 e. The molecule has 0 aliphatic heterocycles. The molecule has 122 valence electrons. The summed E-state index contributed by atoms with van der Waals surface area (Å²) < 4.78 is 41.1. The van der Waals surface area contributed by atoms with Crippen LogP contribution in [-0.2, 0) is 16.6 Å². The van der Waals surface area contributed by atoms with Gasteiger partial charge in [-0.2, -0.15) is 0 Å². The van der Waals surface area contributed by atoms with Crippen LogP contribution >= 0.6 is 12.2 Å². The van der Waals surface area contributed by atoms with Gasteiger partial charge in [0.1, 0.15) is 5.82 Å². The van der Waals surface area contributed by atoms with E-state index in [9.17, 15) is 17.6 Å². The van der Waals surface area contributed by atoms with Crippen LogP contribution in [0.25, 0.3) is 16.7 Å². The number of sulfonamides is 1. The molecule has 0 fully saturated rings. The molecule has 11 heteroatoms. The Hall–Kier alpha value is -2.11. The third-order valence-corrected chi connectivity index (χ3v) is 4.27. The molecule has 1 aromatic carbocycles. The van der Waals surface area contributed by atoms with E-state index in [2.05, 4.69) is 14.9 Å². The average molecular weight is 357 g/mol. The predicted octanol–water partition coefficient (Wildman–Crippen LogP) is 0.395. The van der Waals surface area contributed by atoms with Gasteiger partial charge in [0, 0.05) is 13.1 Å². The number of halogens is 1. The van der Waals surface area contributed by atoms with Gasteiger partial charge in [0.2, 0.25) is 20.6 Å². The number of aromatic amines is 1. The Kier molecular flexibility index (Phi) is 3.78. The molecule has 2 aromatic heterocycles. The van der Waals surface area contributed by atoms with Crippen LogP contribution in [0.15, 0.2) is 23.0 Å². The van der Waals surface area contributed by atoms with Crippen LogP contribution < -0.4 is 10.3 Å². The summed E-state index contributed by atoms with van der Waals surface area (Å²) in [6.45, 7) is 0.0241. The first-order valence-corrected chi connectivity index (χ1v) is 8.82. The number of benzene rings is 1. The fourth-order valence-corrected chi connectivity index (χ4v) is 3.03. The van der Waals surface area contributed by atoms with Gasteiger partial charge in [-0.3, -0.25) is 13.8 Å². The summed E-state index contributed by atoms with van der Waals surface area (Å²) in [6.07, 6.45) is 1.02. The van der Waals surface area contributed by atoms with Crippen molar-refractivity contribution in [3.63, 3.8) is 0 Å². The number of nitrogens with one attached hydrogen (secondary N) is 2. The van der Waals surface area contributed by atoms with Crippen molar-refractivity contribution in [3.05, 3.63) is 39.1 Å². The van der Waals surface area contributed by atoms with Crippen LogP contribution in [0.5, 0.6) is 0 Å². The van der Waals surface area contributed by atoms with Gasteiger partial charge >= 0.3 is 0 Å². The molecule has 0 atom stereocenters. The first-order valence-electron chi connectivity index (χ1n) is 6.52. The Bertz CT molecular complexity index is 1130. The van der Waals surface area contributed by atoms with Crippen molar-refractivity contribution >= 4 is 38.9 Å². The van der Waals surface area contributed by atoms with Crippen molar-refractivity contribution in [2.24, 2.45) is 0 Å². The Labute approximate surface area is 134 Å². The number of aromatic nitrogens is 4. The van der Waals surface area contributed by atoms with E-state index in [-0.39, 0.29) is 29.0 Å². The highest BCUT2D eigenvalue weighted by Crippen LogP contribution is 2.14. The van der Waals surface area contributed by atoms with Crippen molar-refractivity contribution < 1.29 is 12.8 Å². The van der Waals surface area contributed by atoms with Crippen LogP contribution in [0.4, 0.5) is 4.39 Å². The van der Waals surface area contributed by atoms with E-state index in [0.29, 0.717) is 5.52 Å². The zero-order chi connectivity index (χ0) is 16.8. The Morgan fingerprint density at radius 1 is 1.43 bits per heavy atom. The normalized spacial score (nSPS) is 12.3. The van der Waals surface area contributed by atoms with E-state index in [1.54, 1.807) is 0 Å². The van der Waals surface area contributed by atoms with Crippen molar-refractivity contribution in [1.82, 2.24) is 23.9 Å². The molecular weight excluding hydrogens is 345 g/mol. The fourth-order valence-electron chi connectivity index (χ4n) is 2.34. The van der Waals surface area contributed by atoms with Crippen molar-refractivity contribution in [2.45, 2.75) is 6.54 Å². The molecule has 3 rings (SSSR count). The lowest BCUT2D eigenvalue weighted by molar-refractivity contribution is 0.577. The average Bonchev–Trinajstić information content (AvgIpc) is 2.83. The number of hydrogen-bond donors (Lipinski definition) is 2. The molecule has 0 amide bonds. The number of fused-ring (bicyclic) bond motifs is 3. The maximum Gasteiger partial charge on any atom is 0.262 e. The van der Waals surface area contributed by atoms with Crippen LogP contribution in [0, 0.1) is 10.6 Å². The van der Waals surface area contributed by atoms with E-state index in [1.165, 1.54) is 21.1 Å². The third kappa shape index (κ3) is 2.90. The predicted molar refractivity (Wildman–Crippen MR) is 84.9 cm³/mol. The highest BCUT2D eigenvalue weighted by Gasteiger charge is 2.14. The lowest BCUT2D eigenvalue weighted by Gasteiger charge is -2.10. The summed E-state index contributed by atoms with van der Waals surface area (Å²) in [5.41, 5.74) is -0.0474. The van der Waals surface area contributed by atoms with Crippen LogP contribution in [0.2, 0.25) is 0 Å². The molecule has 0 bridgehead atoms. The van der Waals surface area contributed by atoms with Crippen molar-refractivity contribution in [2.75, 3.05) is 12.8 Å². The molecule has 2 heterocycles. The summed E-state index contributed by atoms with van der Waals surface area (Å²) in [5, 5.41) is 6.72. The zero-order valence-electron chi connectivity index (χ0n) is 11.9. The van der Waals surface area contributed by atoms with E-state index in [0.717, 1.165) is 12.3 Å². The monoisotopic (exact) mass is 357 g/mol. The maximum absolute atomic E-state index is 13.5. The molecule has 0 saturated heterocycles. The first kappa shape index (κ1) is 15.8. The SMILES string of the molecule is CS(=O)(=O)NCCn1c(=O)c2cc(F)ccc2n2c(=S)[nH]nc12. The number of hydrogen-bond acceptors (Lipinski definition) is 5. The summed E-state index contributed by atoms with van der Waals surface area (Å²) >= 11 is 5.15. The second-order valence-electron chi connectivity index (χ2n) is 4.95. The second kappa shape index (κ2) is 5.51. The van der Waals surface area contributed by atoms with Crippen LogP contribution in [0.3, 0.4) is 0 Å². The third-order valence-electron chi connectivity index (χ3n) is 3.27. The highest BCUT2D eigenvalue weighted by molar-refractivity contribution is 7.88. The molecule has 0 spiro atoms. The lowest BCUT2D eigenvalue weighted by atomic mass is 10.2. The zero-order valence-corrected chi connectivity index (χ0v) is 13.5. The van der Waals surface area contributed by atoms with Crippen molar-refractivity contribution in [1.29, 1.82) is 0 Å². The summed E-state index contributed by atoms with van der Waals surface area (Å²) in [5.74, 6) is -0.320. The van der Waals surface area contributed by atoms with E-state index >= 15 is 0 Å². The number of rotatable bonds is 4. The van der Waals surface area contributed by atoms with E-state index < -0.39 is 21.4 Å². The molecule has 23 heavy (non-hydrogen) atoms. The molecule has 0 aliphatic rings. The van der Waals surface area contributed by atoms with Gasteiger partial charge in [-0.05, 0) is 30.4 Å². The fraction of sp³-hybridized carbons (Fsp3) is 0.250. The van der Waals surface area contributed by atoms with E-state index in [4.69, 9.17) is 12.2 Å². The Morgan fingerprint density at radius 2 is 2.17 bits per heavy atom. The van der Waals surface area contributed by atoms with Gasteiger partial charge in [-0.15, -0.1) is 5.10 Å². The molecule has 3 aromatic rings. The molecule has 0 radical (unpaired) electrons. The van der Waals surface area contributed by atoms with Gasteiger partial charge in [0.15, 0.2) is 0 Å². The van der Waals surface area contributed by atoms with Gasteiger partial charge < -0.3 is 0 Å². The quantitative estimate of drug-likeness (QED) is 0.658. The summed E-state index contributed by atoms with van der Waals surface area (Å²) in [4.78, 5) is 12.6. The van der Waals surface area contributed by atoms with Gasteiger partial charge in [0.25, 0.3) is 5.56 Å². The molecular formula is C12H12FN5O3S2. The standard InChI is InChI=1S/C12H12FN5O3S2/c1-23(20,21)14-4-5-17-10(19)8-6-7(13)2-3-9(8)18-11(17)15-16-12(18)22/h2-3,6,14H,4-5H2,1H3,(H,16,22). The Balaban J connectivity index is 2.25. The number of nitrogens with zero attached hydrogens (tertiary/aromatic N) is 3. The first-order chi connectivity index (χ1) is 10.8. The van der Waals surface area contributed by atoms with Gasteiger partial charge in [-0.25, -0.2) is 22.6 Å². The second-order valence-corrected chi connectivity index (χ2v) is 7.17.